The van der Waals surface area contributed by atoms with Crippen molar-refractivity contribution in [3.63, 3.8) is 0 Å². The van der Waals surface area contributed by atoms with E-state index in [0.717, 1.165) is 11.1 Å². The Morgan fingerprint density at radius 2 is 1.89 bits per heavy atom. The molecule has 3 nitrogen and oxygen atoms in total. The highest BCUT2D eigenvalue weighted by Gasteiger charge is 2.01. The van der Waals surface area contributed by atoms with Gasteiger partial charge >= 0.3 is 0 Å². The fraction of sp³-hybridized carbons (Fsp3) is 0.188. The normalized spacial score (nSPS) is 9.89. The molecule has 0 amide bonds. The van der Waals surface area contributed by atoms with Gasteiger partial charge in [-0.25, -0.2) is 0 Å². The fourth-order valence-corrected chi connectivity index (χ4v) is 1.66. The molecule has 0 fully saturated rings. The molecule has 0 unspecified atom stereocenters. The van der Waals surface area contributed by atoms with E-state index in [2.05, 4.69) is 6.07 Å². The molecule has 0 spiro atoms. The Bertz CT molecular complexity index is 573. The number of hydrogen-bond acceptors (Lipinski definition) is 3. The molecular weight excluding hydrogens is 238 g/mol. The first-order valence-corrected chi connectivity index (χ1v) is 6.05. The van der Waals surface area contributed by atoms with Gasteiger partial charge < -0.3 is 9.47 Å². The van der Waals surface area contributed by atoms with Crippen molar-refractivity contribution in [3.05, 3.63) is 65.2 Å². The first-order chi connectivity index (χ1) is 9.29. The fourth-order valence-electron chi connectivity index (χ4n) is 1.66. The summed E-state index contributed by atoms with van der Waals surface area (Å²) in [6.45, 7) is 2.62. The van der Waals surface area contributed by atoms with E-state index in [0.29, 0.717) is 17.9 Å². The summed E-state index contributed by atoms with van der Waals surface area (Å²) in [5.74, 6) is 0.687. The Hall–Kier alpha value is -2.31. The molecule has 0 aliphatic heterocycles. The van der Waals surface area contributed by atoms with Crippen LogP contribution in [-0.4, -0.2) is 6.79 Å². The first kappa shape index (κ1) is 13.1. The maximum atomic E-state index is 8.84. The zero-order chi connectivity index (χ0) is 13.5. The van der Waals surface area contributed by atoms with Gasteiger partial charge in [-0.15, -0.1) is 0 Å². The Kier molecular flexibility index (Phi) is 4.54. The molecule has 0 heterocycles. The third kappa shape index (κ3) is 3.84. The van der Waals surface area contributed by atoms with Crippen molar-refractivity contribution in [2.45, 2.75) is 13.5 Å². The molecule has 3 heteroatoms. The van der Waals surface area contributed by atoms with Gasteiger partial charge in [0.15, 0.2) is 6.79 Å². The summed E-state index contributed by atoms with van der Waals surface area (Å²) < 4.78 is 11.0. The monoisotopic (exact) mass is 253 g/mol. The largest absolute Gasteiger partial charge is 0.467 e. The van der Waals surface area contributed by atoms with Gasteiger partial charge in [0.05, 0.1) is 18.2 Å². The van der Waals surface area contributed by atoms with Gasteiger partial charge in [-0.3, -0.25) is 0 Å². The summed E-state index contributed by atoms with van der Waals surface area (Å²) in [7, 11) is 0. The molecule has 0 aliphatic carbocycles. The van der Waals surface area contributed by atoms with Crippen LogP contribution in [0.25, 0.3) is 0 Å². The molecule has 0 atom stereocenters. The standard InChI is InChI=1S/C16H15NO2/c1-13-7-8-15(10-17)9-16(13)19-12-18-11-14-5-3-2-4-6-14/h2-9H,11-12H2,1H3. The Balaban J connectivity index is 1.85. The van der Waals surface area contributed by atoms with E-state index in [1.54, 1.807) is 12.1 Å². The zero-order valence-electron chi connectivity index (χ0n) is 10.8. The lowest BCUT2D eigenvalue weighted by Crippen LogP contribution is -2.04. The number of benzene rings is 2. The highest BCUT2D eigenvalue weighted by Crippen LogP contribution is 2.19. The summed E-state index contributed by atoms with van der Waals surface area (Å²) >= 11 is 0. The lowest BCUT2D eigenvalue weighted by Gasteiger charge is -2.09. The van der Waals surface area contributed by atoms with E-state index < -0.39 is 0 Å². The molecule has 2 aromatic rings. The number of rotatable bonds is 5. The average Bonchev–Trinajstić information content (AvgIpc) is 2.46. The SMILES string of the molecule is Cc1ccc(C#N)cc1OCOCc1ccccc1. The van der Waals surface area contributed by atoms with Crippen molar-refractivity contribution >= 4 is 0 Å². The predicted octanol–water partition coefficient (Wildman–Crippen LogP) is 3.42. The third-order valence-corrected chi connectivity index (χ3v) is 2.73. The maximum Gasteiger partial charge on any atom is 0.189 e. The first-order valence-electron chi connectivity index (χ1n) is 6.05. The molecule has 19 heavy (non-hydrogen) atoms. The summed E-state index contributed by atoms with van der Waals surface area (Å²) in [5, 5.41) is 8.84. The molecule has 2 rings (SSSR count). The Morgan fingerprint density at radius 3 is 2.63 bits per heavy atom. The second kappa shape index (κ2) is 6.58. The number of nitriles is 1. The van der Waals surface area contributed by atoms with Gasteiger partial charge in [-0.2, -0.15) is 5.26 Å². The van der Waals surface area contributed by atoms with E-state index in [1.807, 2.05) is 43.3 Å². The van der Waals surface area contributed by atoms with Crippen LogP contribution >= 0.6 is 0 Å². The molecule has 96 valence electrons. The van der Waals surface area contributed by atoms with Crippen molar-refractivity contribution in [3.8, 4) is 11.8 Å². The molecule has 0 bridgehead atoms. The second-order valence-corrected chi connectivity index (χ2v) is 4.19. The van der Waals surface area contributed by atoms with Gasteiger partial charge in [-0.1, -0.05) is 36.4 Å². The molecule has 0 saturated carbocycles. The third-order valence-electron chi connectivity index (χ3n) is 2.73. The zero-order valence-corrected chi connectivity index (χ0v) is 10.8. The average molecular weight is 253 g/mol. The molecular formula is C16H15NO2. The summed E-state index contributed by atoms with van der Waals surface area (Å²) in [6, 6.07) is 17.4. The number of hydrogen-bond donors (Lipinski definition) is 0. The minimum atomic E-state index is 0.171. The van der Waals surface area contributed by atoms with Gasteiger partial charge in [0, 0.05) is 0 Å². The van der Waals surface area contributed by atoms with E-state index >= 15 is 0 Å². The van der Waals surface area contributed by atoms with Gasteiger partial charge in [-0.05, 0) is 30.2 Å². The van der Waals surface area contributed by atoms with Crippen LogP contribution in [0.15, 0.2) is 48.5 Å². The lowest BCUT2D eigenvalue weighted by atomic mass is 10.1. The van der Waals surface area contributed by atoms with Crippen LogP contribution in [0.1, 0.15) is 16.7 Å². The van der Waals surface area contributed by atoms with E-state index in [4.69, 9.17) is 14.7 Å². The van der Waals surface area contributed by atoms with Gasteiger partial charge in [0.25, 0.3) is 0 Å². The van der Waals surface area contributed by atoms with Crippen molar-refractivity contribution in [2.24, 2.45) is 0 Å². The van der Waals surface area contributed by atoms with E-state index in [-0.39, 0.29) is 6.79 Å². The van der Waals surface area contributed by atoms with Crippen molar-refractivity contribution in [1.29, 1.82) is 5.26 Å². The van der Waals surface area contributed by atoms with E-state index in [9.17, 15) is 0 Å². The number of nitrogens with zero attached hydrogens (tertiary/aromatic N) is 1. The molecule has 0 aliphatic rings. The highest BCUT2D eigenvalue weighted by molar-refractivity contribution is 5.41. The van der Waals surface area contributed by atoms with Crippen LogP contribution in [-0.2, 0) is 11.3 Å². The number of aryl methyl sites for hydroxylation is 1. The molecule has 0 saturated heterocycles. The molecule has 0 radical (unpaired) electrons. The van der Waals surface area contributed by atoms with Crippen LogP contribution in [0.3, 0.4) is 0 Å². The van der Waals surface area contributed by atoms with Crippen LogP contribution in [0.4, 0.5) is 0 Å². The number of ether oxygens (including phenoxy) is 2. The van der Waals surface area contributed by atoms with Gasteiger partial charge in [0.1, 0.15) is 5.75 Å². The van der Waals surface area contributed by atoms with Crippen LogP contribution in [0.5, 0.6) is 5.75 Å². The minimum absolute atomic E-state index is 0.171. The Labute approximate surface area is 113 Å². The molecule has 2 aromatic carbocycles. The molecule has 0 N–H and O–H groups in total. The molecule has 0 aromatic heterocycles. The van der Waals surface area contributed by atoms with Gasteiger partial charge in [0.2, 0.25) is 0 Å². The predicted molar refractivity (Wildman–Crippen MR) is 72.6 cm³/mol. The van der Waals surface area contributed by atoms with Crippen molar-refractivity contribution in [2.75, 3.05) is 6.79 Å². The Morgan fingerprint density at radius 1 is 1.11 bits per heavy atom. The summed E-state index contributed by atoms with van der Waals surface area (Å²) in [4.78, 5) is 0. The van der Waals surface area contributed by atoms with Crippen molar-refractivity contribution < 1.29 is 9.47 Å². The van der Waals surface area contributed by atoms with Crippen LogP contribution < -0.4 is 4.74 Å². The van der Waals surface area contributed by atoms with E-state index in [1.165, 1.54) is 0 Å². The maximum absolute atomic E-state index is 8.84. The lowest BCUT2D eigenvalue weighted by molar-refractivity contribution is 0.00467. The highest BCUT2D eigenvalue weighted by atomic mass is 16.7. The quantitative estimate of drug-likeness (QED) is 0.605. The smallest absolute Gasteiger partial charge is 0.189 e. The summed E-state index contributed by atoms with van der Waals surface area (Å²) in [5.41, 5.74) is 2.68. The topological polar surface area (TPSA) is 42.2 Å². The summed E-state index contributed by atoms with van der Waals surface area (Å²) in [6.07, 6.45) is 0. The van der Waals surface area contributed by atoms with Crippen LogP contribution in [0.2, 0.25) is 0 Å². The second-order valence-electron chi connectivity index (χ2n) is 4.19. The van der Waals surface area contributed by atoms with Crippen molar-refractivity contribution in [1.82, 2.24) is 0 Å². The van der Waals surface area contributed by atoms with Crippen LogP contribution in [0, 0.1) is 18.3 Å². The minimum Gasteiger partial charge on any atom is -0.467 e.